The number of fused-ring (bicyclic) bond motifs is 1. The summed E-state index contributed by atoms with van der Waals surface area (Å²) in [6, 6.07) is 15.9. The lowest BCUT2D eigenvalue weighted by molar-refractivity contribution is 0.101. The molecule has 1 amide bonds. The minimum absolute atomic E-state index is 0.220. The number of nitrogens with one attached hydrogen (secondary N) is 2. The predicted octanol–water partition coefficient (Wildman–Crippen LogP) is 4.66. The summed E-state index contributed by atoms with van der Waals surface area (Å²) in [5, 5.41) is 3.36. The number of rotatable bonds is 4. The van der Waals surface area contributed by atoms with Crippen LogP contribution in [0.3, 0.4) is 0 Å². The van der Waals surface area contributed by atoms with Gasteiger partial charge < -0.3 is 15.0 Å². The number of aromatic nitrogens is 3. The van der Waals surface area contributed by atoms with Gasteiger partial charge in [0.2, 0.25) is 0 Å². The molecular formula is C19H13ClN4O2. The van der Waals surface area contributed by atoms with Gasteiger partial charge in [-0.1, -0.05) is 11.6 Å². The smallest absolute Gasteiger partial charge is 0.291 e. The van der Waals surface area contributed by atoms with E-state index >= 15 is 0 Å². The van der Waals surface area contributed by atoms with Crippen molar-refractivity contribution in [1.29, 1.82) is 0 Å². The van der Waals surface area contributed by atoms with Gasteiger partial charge in [0.25, 0.3) is 5.91 Å². The molecule has 0 aliphatic carbocycles. The van der Waals surface area contributed by atoms with Gasteiger partial charge in [0.05, 0.1) is 17.2 Å². The second kappa shape index (κ2) is 6.85. The van der Waals surface area contributed by atoms with Gasteiger partial charge in [-0.15, -0.1) is 0 Å². The van der Waals surface area contributed by atoms with Gasteiger partial charge in [0.1, 0.15) is 11.5 Å². The Morgan fingerprint density at radius 1 is 1.08 bits per heavy atom. The molecule has 0 saturated carbocycles. The molecule has 26 heavy (non-hydrogen) atoms. The quantitative estimate of drug-likeness (QED) is 0.552. The Hall–Kier alpha value is -3.38. The Labute approximate surface area is 153 Å². The molecule has 128 valence electrons. The summed E-state index contributed by atoms with van der Waals surface area (Å²) in [5.41, 5.74) is 2.02. The Morgan fingerprint density at radius 2 is 1.92 bits per heavy atom. The number of halogens is 1. The molecule has 2 heterocycles. The van der Waals surface area contributed by atoms with Gasteiger partial charge in [-0.2, -0.15) is 0 Å². The summed E-state index contributed by atoms with van der Waals surface area (Å²) in [6.07, 6.45) is 3.31. The molecule has 4 rings (SSSR count). The minimum Gasteiger partial charge on any atom is -0.456 e. The van der Waals surface area contributed by atoms with Crippen LogP contribution >= 0.6 is 11.6 Å². The first-order valence-electron chi connectivity index (χ1n) is 7.82. The Bertz CT molecular complexity index is 1060. The van der Waals surface area contributed by atoms with E-state index in [4.69, 9.17) is 16.3 Å². The summed E-state index contributed by atoms with van der Waals surface area (Å²) in [6.45, 7) is 0. The maximum atomic E-state index is 12.4. The number of pyridine rings is 1. The van der Waals surface area contributed by atoms with Crippen molar-refractivity contribution in [2.24, 2.45) is 0 Å². The van der Waals surface area contributed by atoms with Crippen LogP contribution in [0.4, 0.5) is 5.69 Å². The lowest BCUT2D eigenvalue weighted by Gasteiger charge is -2.07. The van der Waals surface area contributed by atoms with Crippen LogP contribution in [0.1, 0.15) is 10.6 Å². The lowest BCUT2D eigenvalue weighted by Crippen LogP contribution is -2.13. The molecule has 0 radical (unpaired) electrons. The molecule has 0 aliphatic rings. The average molecular weight is 365 g/mol. The first-order chi connectivity index (χ1) is 12.7. The predicted molar refractivity (Wildman–Crippen MR) is 99.8 cm³/mol. The largest absolute Gasteiger partial charge is 0.456 e. The summed E-state index contributed by atoms with van der Waals surface area (Å²) >= 11 is 5.94. The zero-order valence-corrected chi connectivity index (χ0v) is 14.2. The number of hydrogen-bond acceptors (Lipinski definition) is 4. The molecule has 2 aromatic carbocycles. The highest BCUT2D eigenvalue weighted by Crippen LogP contribution is 2.22. The van der Waals surface area contributed by atoms with Crippen LogP contribution in [0.5, 0.6) is 11.5 Å². The molecule has 6 nitrogen and oxygen atoms in total. The average Bonchev–Trinajstić information content (AvgIpc) is 3.07. The number of anilines is 1. The topological polar surface area (TPSA) is 79.9 Å². The molecule has 0 spiro atoms. The zero-order chi connectivity index (χ0) is 17.9. The lowest BCUT2D eigenvalue weighted by atomic mass is 10.3. The van der Waals surface area contributed by atoms with Crippen molar-refractivity contribution in [1.82, 2.24) is 15.0 Å². The van der Waals surface area contributed by atoms with Crippen LogP contribution in [0, 0.1) is 0 Å². The van der Waals surface area contributed by atoms with Crippen molar-refractivity contribution < 1.29 is 9.53 Å². The van der Waals surface area contributed by atoms with Gasteiger partial charge in [-0.3, -0.25) is 9.78 Å². The van der Waals surface area contributed by atoms with Gasteiger partial charge in [0.15, 0.2) is 5.82 Å². The number of amides is 1. The summed E-state index contributed by atoms with van der Waals surface area (Å²) in [7, 11) is 0. The van der Waals surface area contributed by atoms with E-state index in [1.807, 2.05) is 6.07 Å². The molecule has 0 fully saturated rings. The van der Waals surface area contributed by atoms with Crippen molar-refractivity contribution in [2.75, 3.05) is 5.32 Å². The van der Waals surface area contributed by atoms with Crippen LogP contribution in [0.15, 0.2) is 67.0 Å². The van der Waals surface area contributed by atoms with E-state index in [9.17, 15) is 4.79 Å². The van der Waals surface area contributed by atoms with Crippen molar-refractivity contribution in [3.05, 3.63) is 77.8 Å². The highest BCUT2D eigenvalue weighted by Gasteiger charge is 2.12. The molecule has 0 bridgehead atoms. The Kier molecular flexibility index (Phi) is 4.25. The molecule has 4 aromatic rings. The van der Waals surface area contributed by atoms with E-state index < -0.39 is 0 Å². The van der Waals surface area contributed by atoms with Crippen LogP contribution in [0.2, 0.25) is 5.02 Å². The van der Waals surface area contributed by atoms with E-state index in [0.29, 0.717) is 27.7 Å². The summed E-state index contributed by atoms with van der Waals surface area (Å²) < 4.78 is 5.67. The number of imidazole rings is 1. The maximum Gasteiger partial charge on any atom is 0.291 e. The molecule has 0 aliphatic heterocycles. The number of ether oxygens (including phenoxy) is 1. The molecule has 0 unspecified atom stereocenters. The monoisotopic (exact) mass is 364 g/mol. The van der Waals surface area contributed by atoms with E-state index in [1.54, 1.807) is 60.9 Å². The standard InChI is InChI=1S/C19H13ClN4O2/c20-12-3-8-16-17(10-12)24-18(23-16)19(25)22-13-4-6-14(7-5-13)26-15-2-1-9-21-11-15/h1-11H,(H,22,25)(H,23,24). The number of carbonyl (C=O) groups excluding carboxylic acids is 1. The molecular weight excluding hydrogens is 352 g/mol. The van der Waals surface area contributed by atoms with E-state index in [1.165, 1.54) is 0 Å². The van der Waals surface area contributed by atoms with Crippen molar-refractivity contribution >= 4 is 34.2 Å². The molecule has 0 saturated heterocycles. The normalized spacial score (nSPS) is 10.7. The fourth-order valence-corrected chi connectivity index (χ4v) is 2.59. The first-order valence-corrected chi connectivity index (χ1v) is 8.20. The molecule has 2 aromatic heterocycles. The number of carbonyl (C=O) groups is 1. The van der Waals surface area contributed by atoms with Crippen LogP contribution in [-0.4, -0.2) is 20.9 Å². The number of nitrogens with zero attached hydrogens (tertiary/aromatic N) is 2. The van der Waals surface area contributed by atoms with Crippen molar-refractivity contribution in [3.8, 4) is 11.5 Å². The van der Waals surface area contributed by atoms with Crippen LogP contribution in [-0.2, 0) is 0 Å². The number of benzene rings is 2. The van der Waals surface area contributed by atoms with Crippen LogP contribution in [0.25, 0.3) is 11.0 Å². The zero-order valence-electron chi connectivity index (χ0n) is 13.4. The fraction of sp³-hybridized carbons (Fsp3) is 0. The third-order valence-electron chi connectivity index (χ3n) is 3.64. The Balaban J connectivity index is 1.46. The number of aromatic amines is 1. The summed E-state index contributed by atoms with van der Waals surface area (Å²) in [5.74, 6) is 1.18. The van der Waals surface area contributed by atoms with E-state index in [2.05, 4.69) is 20.3 Å². The second-order valence-corrected chi connectivity index (χ2v) is 5.95. The fourth-order valence-electron chi connectivity index (χ4n) is 2.43. The molecule has 2 N–H and O–H groups in total. The SMILES string of the molecule is O=C(Nc1ccc(Oc2cccnc2)cc1)c1nc2cc(Cl)ccc2[nH]1. The minimum atomic E-state index is -0.335. The molecule has 0 atom stereocenters. The van der Waals surface area contributed by atoms with Gasteiger partial charge in [-0.25, -0.2) is 4.98 Å². The number of hydrogen-bond donors (Lipinski definition) is 2. The highest BCUT2D eigenvalue weighted by atomic mass is 35.5. The maximum absolute atomic E-state index is 12.4. The third-order valence-corrected chi connectivity index (χ3v) is 3.88. The van der Waals surface area contributed by atoms with Gasteiger partial charge in [-0.05, 0) is 54.6 Å². The van der Waals surface area contributed by atoms with Crippen molar-refractivity contribution in [3.63, 3.8) is 0 Å². The third kappa shape index (κ3) is 3.50. The van der Waals surface area contributed by atoms with Gasteiger partial charge in [0, 0.05) is 16.9 Å². The summed E-state index contributed by atoms with van der Waals surface area (Å²) in [4.78, 5) is 23.6. The second-order valence-electron chi connectivity index (χ2n) is 5.52. The highest BCUT2D eigenvalue weighted by molar-refractivity contribution is 6.31. The number of H-pyrrole nitrogens is 1. The molecule has 7 heteroatoms. The van der Waals surface area contributed by atoms with E-state index in [-0.39, 0.29) is 11.7 Å². The van der Waals surface area contributed by atoms with Gasteiger partial charge >= 0.3 is 0 Å². The van der Waals surface area contributed by atoms with Crippen LogP contribution < -0.4 is 10.1 Å². The van der Waals surface area contributed by atoms with Crippen molar-refractivity contribution in [2.45, 2.75) is 0 Å². The Morgan fingerprint density at radius 3 is 2.69 bits per heavy atom. The van der Waals surface area contributed by atoms with E-state index in [0.717, 1.165) is 5.52 Å². The first kappa shape index (κ1) is 16.1.